The summed E-state index contributed by atoms with van der Waals surface area (Å²) in [5, 5.41) is 3.16. The molecule has 2 amide bonds. The molecule has 5 nitrogen and oxygen atoms in total. The number of hydrogen-bond donors (Lipinski definition) is 1. The van der Waals surface area contributed by atoms with Crippen LogP contribution in [0, 0.1) is 20.8 Å². The summed E-state index contributed by atoms with van der Waals surface area (Å²) >= 11 is 3.56. The van der Waals surface area contributed by atoms with Gasteiger partial charge in [-0.1, -0.05) is 65.0 Å². The van der Waals surface area contributed by atoms with Gasteiger partial charge in [-0.2, -0.15) is 0 Å². The fraction of sp³-hybridized carbons (Fsp3) is 0.481. The van der Waals surface area contributed by atoms with E-state index in [2.05, 4.69) is 21.2 Å². The van der Waals surface area contributed by atoms with Crippen molar-refractivity contribution in [3.05, 3.63) is 63.1 Å². The Labute approximate surface area is 206 Å². The maximum atomic E-state index is 13.3. The van der Waals surface area contributed by atoms with E-state index in [-0.39, 0.29) is 24.5 Å². The van der Waals surface area contributed by atoms with Gasteiger partial charge in [0.1, 0.15) is 11.8 Å². The fourth-order valence-corrected chi connectivity index (χ4v) is 4.49. The van der Waals surface area contributed by atoms with Crippen molar-refractivity contribution in [2.24, 2.45) is 0 Å². The molecule has 33 heavy (non-hydrogen) atoms. The van der Waals surface area contributed by atoms with Crippen LogP contribution in [0.25, 0.3) is 0 Å². The van der Waals surface area contributed by atoms with E-state index in [9.17, 15) is 9.59 Å². The molecule has 6 heteroatoms. The average molecular weight is 515 g/mol. The maximum Gasteiger partial charge on any atom is 0.261 e. The first-order chi connectivity index (χ1) is 15.7. The Kier molecular flexibility index (Phi) is 8.95. The summed E-state index contributed by atoms with van der Waals surface area (Å²) < 4.78 is 6.90. The van der Waals surface area contributed by atoms with Gasteiger partial charge in [-0.25, -0.2) is 0 Å². The molecule has 2 aromatic carbocycles. The first-order valence-electron chi connectivity index (χ1n) is 11.8. The molecule has 0 spiro atoms. The summed E-state index contributed by atoms with van der Waals surface area (Å²) in [5.41, 5.74) is 4.24. The molecular formula is C27H35BrN2O3. The van der Waals surface area contributed by atoms with E-state index in [1.54, 1.807) is 11.8 Å². The highest BCUT2D eigenvalue weighted by Gasteiger charge is 2.28. The molecule has 2 aromatic rings. The third kappa shape index (κ3) is 7.07. The molecule has 1 N–H and O–H groups in total. The Hall–Kier alpha value is -2.34. The van der Waals surface area contributed by atoms with Crippen molar-refractivity contribution >= 4 is 27.7 Å². The lowest BCUT2D eigenvalue weighted by Gasteiger charge is -2.31. The predicted molar refractivity (Wildman–Crippen MR) is 135 cm³/mol. The van der Waals surface area contributed by atoms with E-state index in [0.717, 1.165) is 52.4 Å². The van der Waals surface area contributed by atoms with Crippen LogP contribution in [0.1, 0.15) is 61.3 Å². The van der Waals surface area contributed by atoms with Crippen LogP contribution < -0.4 is 10.1 Å². The number of ether oxygens (including phenoxy) is 1. The number of hydrogen-bond acceptors (Lipinski definition) is 3. The first-order valence-corrected chi connectivity index (χ1v) is 12.6. The summed E-state index contributed by atoms with van der Waals surface area (Å²) in [6, 6.07) is 11.5. The summed E-state index contributed by atoms with van der Waals surface area (Å²) in [4.78, 5) is 28.0. The number of nitrogens with zero attached hydrogens (tertiary/aromatic N) is 1. The summed E-state index contributed by atoms with van der Waals surface area (Å²) in [6.45, 7) is 8.06. The molecule has 1 fully saturated rings. The molecular weight excluding hydrogens is 480 g/mol. The van der Waals surface area contributed by atoms with Crippen LogP contribution in [0.2, 0.25) is 0 Å². The minimum absolute atomic E-state index is 0.0994. The summed E-state index contributed by atoms with van der Waals surface area (Å²) in [6.07, 6.45) is 5.54. The van der Waals surface area contributed by atoms with Gasteiger partial charge in [-0.05, 0) is 69.4 Å². The van der Waals surface area contributed by atoms with Gasteiger partial charge >= 0.3 is 0 Å². The highest BCUT2D eigenvalue weighted by Crippen LogP contribution is 2.26. The lowest BCUT2D eigenvalue weighted by atomic mass is 9.95. The highest BCUT2D eigenvalue weighted by molar-refractivity contribution is 9.10. The third-order valence-corrected chi connectivity index (χ3v) is 7.62. The molecule has 0 radical (unpaired) electrons. The third-order valence-electron chi connectivity index (χ3n) is 6.36. The molecule has 0 saturated heterocycles. The van der Waals surface area contributed by atoms with Crippen molar-refractivity contribution in [3.63, 3.8) is 0 Å². The second kappa shape index (κ2) is 11.7. The lowest BCUT2D eigenvalue weighted by Crippen LogP contribution is -2.51. The van der Waals surface area contributed by atoms with E-state index in [1.165, 1.54) is 6.42 Å². The number of aryl methyl sites for hydroxylation is 3. The van der Waals surface area contributed by atoms with Gasteiger partial charge in [0, 0.05) is 17.1 Å². The molecule has 1 atom stereocenters. The highest BCUT2D eigenvalue weighted by atomic mass is 79.9. The van der Waals surface area contributed by atoms with Gasteiger partial charge in [0.2, 0.25) is 5.91 Å². The summed E-state index contributed by atoms with van der Waals surface area (Å²) in [7, 11) is 0. The number of carbonyl (C=O) groups is 2. The largest absolute Gasteiger partial charge is 0.484 e. The molecule has 1 aliphatic rings. The number of nitrogens with one attached hydrogen (secondary N) is 1. The second-order valence-electron chi connectivity index (χ2n) is 9.19. The number of halogens is 1. The first kappa shape index (κ1) is 25.3. The molecule has 0 aliphatic heterocycles. The molecule has 1 unspecified atom stereocenters. The van der Waals surface area contributed by atoms with Gasteiger partial charge in [0.25, 0.3) is 5.91 Å². The van der Waals surface area contributed by atoms with Gasteiger partial charge in [-0.15, -0.1) is 0 Å². The maximum absolute atomic E-state index is 13.3. The molecule has 0 aromatic heterocycles. The number of rotatable bonds is 8. The Morgan fingerprint density at radius 3 is 2.27 bits per heavy atom. The van der Waals surface area contributed by atoms with Crippen molar-refractivity contribution in [2.45, 2.75) is 78.4 Å². The standard InChI is InChI=1S/C27H35BrN2O3/c1-18-10-12-22(13-11-18)16-30(21(4)27(32)29-23-8-6-5-7-9-23)25(31)17-33-24-14-19(2)26(28)20(3)15-24/h10-15,21,23H,5-9,16-17H2,1-4H3,(H,29,32). The molecule has 1 aliphatic carbocycles. The van der Waals surface area contributed by atoms with E-state index < -0.39 is 6.04 Å². The average Bonchev–Trinajstić information content (AvgIpc) is 2.80. The van der Waals surface area contributed by atoms with Crippen molar-refractivity contribution in [1.29, 1.82) is 0 Å². The smallest absolute Gasteiger partial charge is 0.261 e. The van der Waals surface area contributed by atoms with Crippen LogP contribution in [0.5, 0.6) is 5.75 Å². The number of benzene rings is 2. The van der Waals surface area contributed by atoms with E-state index in [0.29, 0.717) is 12.3 Å². The zero-order valence-corrected chi connectivity index (χ0v) is 21.7. The van der Waals surface area contributed by atoms with E-state index in [1.807, 2.05) is 57.2 Å². The predicted octanol–water partition coefficient (Wildman–Crippen LogP) is 5.62. The van der Waals surface area contributed by atoms with Crippen molar-refractivity contribution < 1.29 is 14.3 Å². The molecule has 1 saturated carbocycles. The van der Waals surface area contributed by atoms with Gasteiger partial charge in [-0.3, -0.25) is 9.59 Å². The Morgan fingerprint density at radius 1 is 1.06 bits per heavy atom. The summed E-state index contributed by atoms with van der Waals surface area (Å²) in [5.74, 6) is 0.342. The van der Waals surface area contributed by atoms with Crippen molar-refractivity contribution in [1.82, 2.24) is 10.2 Å². The van der Waals surface area contributed by atoms with Crippen LogP contribution in [0.4, 0.5) is 0 Å². The Bertz CT molecular complexity index is 945. The fourth-order valence-electron chi connectivity index (χ4n) is 4.26. The number of carbonyl (C=O) groups excluding carboxylic acids is 2. The second-order valence-corrected chi connectivity index (χ2v) is 9.98. The molecule has 3 rings (SSSR count). The zero-order valence-electron chi connectivity index (χ0n) is 20.1. The van der Waals surface area contributed by atoms with Crippen LogP contribution in [0.3, 0.4) is 0 Å². The van der Waals surface area contributed by atoms with E-state index >= 15 is 0 Å². The Balaban J connectivity index is 1.72. The van der Waals surface area contributed by atoms with Crippen LogP contribution in [0.15, 0.2) is 40.9 Å². The van der Waals surface area contributed by atoms with Crippen molar-refractivity contribution in [3.8, 4) is 5.75 Å². The minimum Gasteiger partial charge on any atom is -0.484 e. The molecule has 178 valence electrons. The van der Waals surface area contributed by atoms with Crippen LogP contribution in [-0.4, -0.2) is 35.4 Å². The quantitative estimate of drug-likeness (QED) is 0.497. The number of amides is 2. The Morgan fingerprint density at radius 2 is 1.67 bits per heavy atom. The van der Waals surface area contributed by atoms with E-state index in [4.69, 9.17) is 4.74 Å². The minimum atomic E-state index is -0.585. The molecule has 0 bridgehead atoms. The van der Waals surface area contributed by atoms with Crippen LogP contribution >= 0.6 is 15.9 Å². The monoisotopic (exact) mass is 514 g/mol. The van der Waals surface area contributed by atoms with Gasteiger partial charge < -0.3 is 15.0 Å². The normalized spacial score (nSPS) is 15.1. The topological polar surface area (TPSA) is 58.6 Å². The van der Waals surface area contributed by atoms with Gasteiger partial charge in [0.05, 0.1) is 0 Å². The SMILES string of the molecule is Cc1ccc(CN(C(=O)COc2cc(C)c(Br)c(C)c2)C(C)C(=O)NC2CCCCC2)cc1. The van der Waals surface area contributed by atoms with Crippen molar-refractivity contribution in [2.75, 3.05) is 6.61 Å². The molecule has 0 heterocycles. The van der Waals surface area contributed by atoms with Gasteiger partial charge in [0.15, 0.2) is 6.61 Å². The lowest BCUT2D eigenvalue weighted by molar-refractivity contribution is -0.142. The van der Waals surface area contributed by atoms with Crippen LogP contribution in [-0.2, 0) is 16.1 Å². The zero-order chi connectivity index (χ0) is 24.0.